The van der Waals surface area contributed by atoms with Gasteiger partial charge < -0.3 is 5.43 Å². The number of anilines is 1. The lowest BCUT2D eigenvalue weighted by atomic mass is 10.2. The summed E-state index contributed by atoms with van der Waals surface area (Å²) >= 11 is 0. The molecule has 2 aromatic rings. The Morgan fingerprint density at radius 1 is 1.20 bits per heavy atom. The van der Waals surface area contributed by atoms with Crippen molar-refractivity contribution in [2.45, 2.75) is 26.9 Å². The Bertz CT molecular complexity index is 543. The molecule has 20 heavy (non-hydrogen) atoms. The first-order valence-electron chi connectivity index (χ1n) is 6.63. The monoisotopic (exact) mass is 272 g/mol. The molecular formula is C14H20N6. The first-order chi connectivity index (χ1) is 9.71. The van der Waals surface area contributed by atoms with Gasteiger partial charge in [-0.15, -0.1) is 0 Å². The van der Waals surface area contributed by atoms with Crippen molar-refractivity contribution in [2.75, 3.05) is 12.0 Å². The summed E-state index contributed by atoms with van der Waals surface area (Å²) in [6, 6.07) is 5.86. The average molecular weight is 272 g/mol. The van der Waals surface area contributed by atoms with Crippen molar-refractivity contribution in [1.82, 2.24) is 19.9 Å². The van der Waals surface area contributed by atoms with Crippen LogP contribution in [0.5, 0.6) is 0 Å². The number of pyridine rings is 1. The molecule has 0 fully saturated rings. The summed E-state index contributed by atoms with van der Waals surface area (Å²) in [4.78, 5) is 15.1. The lowest BCUT2D eigenvalue weighted by Crippen LogP contribution is -2.24. The normalized spacial score (nSPS) is 10.8. The number of hydrogen-bond acceptors (Lipinski definition) is 6. The SMILES string of the molecule is CCN(Cc1ccncc1)Cc1nc(C)cc(NN)n1. The van der Waals surface area contributed by atoms with E-state index in [0.717, 1.165) is 24.6 Å². The van der Waals surface area contributed by atoms with Gasteiger partial charge in [0, 0.05) is 30.7 Å². The molecule has 6 nitrogen and oxygen atoms in total. The van der Waals surface area contributed by atoms with Gasteiger partial charge in [0.2, 0.25) is 0 Å². The fraction of sp³-hybridized carbons (Fsp3) is 0.357. The van der Waals surface area contributed by atoms with Crippen LogP contribution in [-0.2, 0) is 13.1 Å². The molecule has 0 aliphatic carbocycles. The quantitative estimate of drug-likeness (QED) is 0.612. The van der Waals surface area contributed by atoms with Crippen LogP contribution in [0.2, 0.25) is 0 Å². The highest BCUT2D eigenvalue weighted by atomic mass is 15.3. The van der Waals surface area contributed by atoms with Gasteiger partial charge in [-0.3, -0.25) is 9.88 Å². The van der Waals surface area contributed by atoms with Gasteiger partial charge in [0.1, 0.15) is 11.6 Å². The summed E-state index contributed by atoms with van der Waals surface area (Å²) < 4.78 is 0. The fourth-order valence-corrected chi connectivity index (χ4v) is 2.00. The number of nitrogens with one attached hydrogen (secondary N) is 1. The Labute approximate surface area is 119 Å². The summed E-state index contributed by atoms with van der Waals surface area (Å²) in [7, 11) is 0. The van der Waals surface area contributed by atoms with Crippen LogP contribution in [0.4, 0.5) is 5.82 Å². The highest BCUT2D eigenvalue weighted by molar-refractivity contribution is 5.33. The maximum Gasteiger partial charge on any atom is 0.145 e. The molecule has 0 aliphatic rings. The van der Waals surface area contributed by atoms with Crippen molar-refractivity contribution in [2.24, 2.45) is 5.84 Å². The summed E-state index contributed by atoms with van der Waals surface area (Å²) in [5, 5.41) is 0. The highest BCUT2D eigenvalue weighted by Gasteiger charge is 2.08. The van der Waals surface area contributed by atoms with Crippen molar-refractivity contribution in [1.29, 1.82) is 0 Å². The van der Waals surface area contributed by atoms with E-state index < -0.39 is 0 Å². The molecular weight excluding hydrogens is 252 g/mol. The minimum atomic E-state index is 0.646. The third-order valence-corrected chi connectivity index (χ3v) is 3.02. The lowest BCUT2D eigenvalue weighted by Gasteiger charge is -2.19. The van der Waals surface area contributed by atoms with E-state index >= 15 is 0 Å². The number of aryl methyl sites for hydroxylation is 1. The molecule has 0 saturated heterocycles. The third-order valence-electron chi connectivity index (χ3n) is 3.02. The lowest BCUT2D eigenvalue weighted by molar-refractivity contribution is 0.264. The summed E-state index contributed by atoms with van der Waals surface area (Å²) in [5.74, 6) is 6.83. The standard InChI is InChI=1S/C14H20N6/c1-3-20(9-12-4-6-16-7-5-12)10-14-17-11(2)8-13(18-14)19-15/h4-8H,3,9-10,15H2,1-2H3,(H,17,18,19). The second-order valence-electron chi connectivity index (χ2n) is 4.61. The van der Waals surface area contributed by atoms with Crippen molar-refractivity contribution in [3.05, 3.63) is 47.7 Å². The number of nitrogen functional groups attached to an aromatic ring is 1. The molecule has 6 heteroatoms. The molecule has 0 bridgehead atoms. The number of nitrogens with zero attached hydrogens (tertiary/aromatic N) is 4. The Morgan fingerprint density at radius 3 is 2.60 bits per heavy atom. The smallest absolute Gasteiger partial charge is 0.145 e. The Hall–Kier alpha value is -2.05. The van der Waals surface area contributed by atoms with E-state index in [-0.39, 0.29) is 0 Å². The van der Waals surface area contributed by atoms with Gasteiger partial charge in [0.15, 0.2) is 0 Å². The van der Waals surface area contributed by atoms with Crippen LogP contribution in [0.1, 0.15) is 24.0 Å². The zero-order valence-electron chi connectivity index (χ0n) is 11.9. The van der Waals surface area contributed by atoms with Gasteiger partial charge in [-0.25, -0.2) is 15.8 Å². The zero-order valence-corrected chi connectivity index (χ0v) is 11.9. The fourth-order valence-electron chi connectivity index (χ4n) is 2.00. The number of hydrazine groups is 1. The first-order valence-corrected chi connectivity index (χ1v) is 6.63. The summed E-state index contributed by atoms with van der Waals surface area (Å²) in [6.45, 7) is 6.52. The number of rotatable bonds is 6. The molecule has 2 aromatic heterocycles. The molecule has 0 unspecified atom stereocenters. The topological polar surface area (TPSA) is 80.0 Å². The zero-order chi connectivity index (χ0) is 14.4. The second-order valence-corrected chi connectivity index (χ2v) is 4.61. The predicted octanol–water partition coefficient (Wildman–Crippen LogP) is 1.49. The van der Waals surface area contributed by atoms with Gasteiger partial charge in [0.25, 0.3) is 0 Å². The molecule has 2 rings (SSSR count). The molecule has 3 N–H and O–H groups in total. The molecule has 0 saturated carbocycles. The minimum absolute atomic E-state index is 0.646. The number of aromatic nitrogens is 3. The molecule has 0 amide bonds. The molecule has 0 aromatic carbocycles. The van der Waals surface area contributed by atoms with Crippen molar-refractivity contribution >= 4 is 5.82 Å². The Morgan fingerprint density at radius 2 is 1.95 bits per heavy atom. The second kappa shape index (κ2) is 6.93. The summed E-state index contributed by atoms with van der Waals surface area (Å²) in [6.07, 6.45) is 3.62. The highest BCUT2D eigenvalue weighted by Crippen LogP contribution is 2.09. The van der Waals surface area contributed by atoms with Gasteiger partial charge in [-0.05, 0) is 31.2 Å². The maximum atomic E-state index is 5.41. The maximum absolute atomic E-state index is 5.41. The van der Waals surface area contributed by atoms with Crippen LogP contribution in [0.15, 0.2) is 30.6 Å². The van der Waals surface area contributed by atoms with Crippen LogP contribution in [0, 0.1) is 6.92 Å². The van der Waals surface area contributed by atoms with E-state index in [4.69, 9.17) is 5.84 Å². The Kier molecular flexibility index (Phi) is 4.97. The van der Waals surface area contributed by atoms with E-state index in [1.54, 1.807) is 0 Å². The van der Waals surface area contributed by atoms with E-state index in [9.17, 15) is 0 Å². The number of hydrogen-bond donors (Lipinski definition) is 2. The van der Waals surface area contributed by atoms with Crippen LogP contribution < -0.4 is 11.3 Å². The van der Waals surface area contributed by atoms with E-state index in [1.165, 1.54) is 5.56 Å². The van der Waals surface area contributed by atoms with Gasteiger partial charge in [-0.1, -0.05) is 6.92 Å². The van der Waals surface area contributed by atoms with Crippen LogP contribution in [-0.4, -0.2) is 26.4 Å². The average Bonchev–Trinajstić information content (AvgIpc) is 2.47. The number of nitrogens with two attached hydrogens (primary N) is 1. The molecule has 0 atom stereocenters. The van der Waals surface area contributed by atoms with Gasteiger partial charge in [0.05, 0.1) is 6.54 Å². The Balaban J connectivity index is 2.08. The minimum Gasteiger partial charge on any atom is -0.308 e. The molecule has 2 heterocycles. The third kappa shape index (κ3) is 3.97. The van der Waals surface area contributed by atoms with Crippen LogP contribution >= 0.6 is 0 Å². The molecule has 0 radical (unpaired) electrons. The van der Waals surface area contributed by atoms with E-state index in [1.807, 2.05) is 37.5 Å². The van der Waals surface area contributed by atoms with Crippen molar-refractivity contribution in [3.8, 4) is 0 Å². The molecule has 0 spiro atoms. The van der Waals surface area contributed by atoms with Crippen LogP contribution in [0.25, 0.3) is 0 Å². The van der Waals surface area contributed by atoms with Crippen LogP contribution in [0.3, 0.4) is 0 Å². The van der Waals surface area contributed by atoms with Gasteiger partial charge in [-0.2, -0.15) is 0 Å². The van der Waals surface area contributed by atoms with Crippen molar-refractivity contribution in [3.63, 3.8) is 0 Å². The molecule has 0 aliphatic heterocycles. The van der Waals surface area contributed by atoms with E-state index in [0.29, 0.717) is 12.4 Å². The molecule has 106 valence electrons. The van der Waals surface area contributed by atoms with E-state index in [2.05, 4.69) is 32.2 Å². The van der Waals surface area contributed by atoms with Crippen molar-refractivity contribution < 1.29 is 0 Å². The predicted molar refractivity (Wildman–Crippen MR) is 78.6 cm³/mol. The first kappa shape index (κ1) is 14.4. The summed E-state index contributed by atoms with van der Waals surface area (Å²) in [5.41, 5.74) is 4.71. The van der Waals surface area contributed by atoms with Gasteiger partial charge >= 0.3 is 0 Å². The largest absolute Gasteiger partial charge is 0.308 e.